The Balaban J connectivity index is 1.41. The molecule has 2 aromatic carbocycles. The van der Waals surface area contributed by atoms with E-state index < -0.39 is 12.2 Å². The molecule has 2 aliphatic rings. The number of amides is 2. The number of aliphatic hydroxyl groups excluding tert-OH is 1. The van der Waals surface area contributed by atoms with E-state index in [4.69, 9.17) is 14.2 Å². The molecule has 0 aliphatic carbocycles. The van der Waals surface area contributed by atoms with E-state index in [0.29, 0.717) is 23.4 Å². The Hall–Kier alpha value is -3.01. The fourth-order valence-corrected chi connectivity index (χ4v) is 4.42. The summed E-state index contributed by atoms with van der Waals surface area (Å²) < 4.78 is 30.2. The van der Waals surface area contributed by atoms with Crippen LogP contribution in [0.4, 0.5) is 10.1 Å². The van der Waals surface area contributed by atoms with Gasteiger partial charge in [0.15, 0.2) is 0 Å². The second-order valence-electron chi connectivity index (χ2n) is 8.25. The molecule has 0 unspecified atom stereocenters. The summed E-state index contributed by atoms with van der Waals surface area (Å²) in [5.41, 5.74) is 2.20. The summed E-state index contributed by atoms with van der Waals surface area (Å²) in [6.45, 7) is -0.0733. The molecule has 33 heavy (non-hydrogen) atoms. The zero-order chi connectivity index (χ0) is 23.4. The van der Waals surface area contributed by atoms with E-state index in [-0.39, 0.29) is 55.8 Å². The smallest absolute Gasteiger partial charge is 0.250 e. The molecule has 0 aromatic heterocycles. The van der Waals surface area contributed by atoms with Gasteiger partial charge in [-0.1, -0.05) is 12.1 Å². The van der Waals surface area contributed by atoms with E-state index in [1.807, 2.05) is 6.07 Å². The average Bonchev–Trinajstić information content (AvgIpc) is 3.15. The van der Waals surface area contributed by atoms with Gasteiger partial charge in [-0.05, 0) is 42.3 Å². The molecule has 2 amide bonds. The predicted molar refractivity (Wildman–Crippen MR) is 117 cm³/mol. The van der Waals surface area contributed by atoms with Gasteiger partial charge >= 0.3 is 0 Å². The highest BCUT2D eigenvalue weighted by atomic mass is 19.1. The molecule has 1 fully saturated rings. The molecular weight excluding hydrogens is 431 g/mol. The molecule has 4 atom stereocenters. The molecule has 0 radical (unpaired) electrons. The SMILES string of the molecule is COCC(=O)Nc1ccc2c(c1)[C@@H]1C[C@@H](CC(=O)NCc3cccc(F)c3)O[C@H](CO)[C@@H]1O2. The molecule has 0 spiro atoms. The summed E-state index contributed by atoms with van der Waals surface area (Å²) >= 11 is 0. The maximum atomic E-state index is 13.3. The predicted octanol–water partition coefficient (Wildman–Crippen LogP) is 2.11. The summed E-state index contributed by atoms with van der Waals surface area (Å²) in [6, 6.07) is 11.4. The van der Waals surface area contributed by atoms with Gasteiger partial charge in [-0.15, -0.1) is 0 Å². The third-order valence-corrected chi connectivity index (χ3v) is 5.85. The number of anilines is 1. The van der Waals surface area contributed by atoms with Gasteiger partial charge in [-0.25, -0.2) is 4.39 Å². The molecule has 0 saturated carbocycles. The largest absolute Gasteiger partial charge is 0.487 e. The van der Waals surface area contributed by atoms with Gasteiger partial charge in [0.25, 0.3) is 0 Å². The van der Waals surface area contributed by atoms with E-state index >= 15 is 0 Å². The number of fused-ring (bicyclic) bond motifs is 3. The number of carbonyl (C=O) groups is 2. The minimum Gasteiger partial charge on any atom is -0.487 e. The topological polar surface area (TPSA) is 106 Å². The van der Waals surface area contributed by atoms with Gasteiger partial charge in [-0.3, -0.25) is 9.59 Å². The fourth-order valence-electron chi connectivity index (χ4n) is 4.42. The fraction of sp³-hybridized carbons (Fsp3) is 0.417. The number of ether oxygens (including phenoxy) is 3. The van der Waals surface area contributed by atoms with Crippen LogP contribution in [0, 0.1) is 5.82 Å². The number of rotatable bonds is 8. The van der Waals surface area contributed by atoms with Gasteiger partial charge in [-0.2, -0.15) is 0 Å². The summed E-state index contributed by atoms with van der Waals surface area (Å²) in [7, 11) is 1.45. The summed E-state index contributed by atoms with van der Waals surface area (Å²) in [6.07, 6.45) is -0.742. The quantitative estimate of drug-likeness (QED) is 0.560. The Kier molecular flexibility index (Phi) is 7.22. The number of hydrogen-bond donors (Lipinski definition) is 3. The number of methoxy groups -OCH3 is 1. The number of halogens is 1. The van der Waals surface area contributed by atoms with Crippen LogP contribution in [0.15, 0.2) is 42.5 Å². The first-order valence-corrected chi connectivity index (χ1v) is 10.8. The molecule has 2 aromatic rings. The van der Waals surface area contributed by atoms with E-state index in [1.165, 1.54) is 19.2 Å². The third-order valence-electron chi connectivity index (χ3n) is 5.85. The van der Waals surface area contributed by atoms with Crippen molar-refractivity contribution in [3.63, 3.8) is 0 Å². The van der Waals surface area contributed by atoms with Gasteiger partial charge in [0.1, 0.15) is 30.4 Å². The van der Waals surface area contributed by atoms with E-state index in [0.717, 1.165) is 5.56 Å². The molecule has 1 saturated heterocycles. The molecule has 9 heteroatoms. The second kappa shape index (κ2) is 10.3. The number of hydrogen-bond acceptors (Lipinski definition) is 6. The summed E-state index contributed by atoms with van der Waals surface area (Å²) in [5, 5.41) is 15.4. The maximum absolute atomic E-state index is 13.3. The highest BCUT2D eigenvalue weighted by Gasteiger charge is 2.46. The lowest BCUT2D eigenvalue weighted by molar-refractivity contribution is -0.142. The monoisotopic (exact) mass is 458 g/mol. The second-order valence-corrected chi connectivity index (χ2v) is 8.25. The van der Waals surface area contributed by atoms with Crippen LogP contribution in [-0.2, 0) is 25.6 Å². The van der Waals surface area contributed by atoms with Crippen molar-refractivity contribution in [2.24, 2.45) is 0 Å². The Morgan fingerprint density at radius 2 is 2.06 bits per heavy atom. The van der Waals surface area contributed by atoms with Crippen molar-refractivity contribution in [1.82, 2.24) is 5.32 Å². The van der Waals surface area contributed by atoms with Crippen LogP contribution >= 0.6 is 0 Å². The number of nitrogens with one attached hydrogen (secondary N) is 2. The van der Waals surface area contributed by atoms with Gasteiger partial charge in [0.2, 0.25) is 11.8 Å². The van der Waals surface area contributed by atoms with E-state index in [9.17, 15) is 19.1 Å². The first-order chi connectivity index (χ1) is 16.0. The highest BCUT2D eigenvalue weighted by molar-refractivity contribution is 5.92. The zero-order valence-corrected chi connectivity index (χ0v) is 18.3. The van der Waals surface area contributed by atoms with Gasteiger partial charge < -0.3 is 30.0 Å². The zero-order valence-electron chi connectivity index (χ0n) is 18.3. The molecule has 4 rings (SSSR count). The standard InChI is InChI=1S/C24H27FN2O6/c1-31-13-23(30)27-16-5-6-20-18(8-16)19-9-17(32-21(12-28)24(19)33-20)10-22(29)26-11-14-3-2-4-15(25)7-14/h2-8,17,19,21,24,28H,9-13H2,1H3,(H,26,29)(H,27,30)/t17-,19-,21+,24+/m0/s1. The van der Waals surface area contributed by atoms with Crippen molar-refractivity contribution in [3.8, 4) is 5.75 Å². The third kappa shape index (κ3) is 5.50. The number of benzene rings is 2. The van der Waals surface area contributed by atoms with Crippen LogP contribution in [0.5, 0.6) is 5.75 Å². The van der Waals surface area contributed by atoms with Crippen molar-refractivity contribution in [1.29, 1.82) is 0 Å². The molecule has 2 aliphatic heterocycles. The minimum absolute atomic E-state index is 0.0487. The van der Waals surface area contributed by atoms with Crippen molar-refractivity contribution in [2.75, 3.05) is 25.6 Å². The summed E-state index contributed by atoms with van der Waals surface area (Å²) in [4.78, 5) is 24.4. The normalized spacial score (nSPS) is 23.2. The Morgan fingerprint density at radius 3 is 2.82 bits per heavy atom. The van der Waals surface area contributed by atoms with Crippen molar-refractivity contribution >= 4 is 17.5 Å². The van der Waals surface area contributed by atoms with Crippen LogP contribution in [0.25, 0.3) is 0 Å². The minimum atomic E-state index is -0.580. The van der Waals surface area contributed by atoms with Crippen molar-refractivity contribution < 1.29 is 33.3 Å². The van der Waals surface area contributed by atoms with Crippen LogP contribution in [0.1, 0.15) is 29.9 Å². The molecule has 3 N–H and O–H groups in total. The summed E-state index contributed by atoms with van der Waals surface area (Å²) in [5.74, 6) is -0.258. The lowest BCUT2D eigenvalue weighted by Crippen LogP contribution is -2.47. The van der Waals surface area contributed by atoms with Crippen molar-refractivity contribution in [3.05, 3.63) is 59.4 Å². The molecule has 8 nitrogen and oxygen atoms in total. The van der Waals surface area contributed by atoms with Crippen LogP contribution in [0.3, 0.4) is 0 Å². The average molecular weight is 458 g/mol. The van der Waals surface area contributed by atoms with Crippen LogP contribution in [0.2, 0.25) is 0 Å². The van der Waals surface area contributed by atoms with Crippen LogP contribution < -0.4 is 15.4 Å². The molecule has 0 bridgehead atoms. The van der Waals surface area contributed by atoms with E-state index in [1.54, 1.807) is 24.3 Å². The van der Waals surface area contributed by atoms with Crippen LogP contribution in [-0.4, -0.2) is 55.6 Å². The van der Waals surface area contributed by atoms with Gasteiger partial charge in [0.05, 0.1) is 19.1 Å². The highest BCUT2D eigenvalue weighted by Crippen LogP contribution is 2.47. The molecular formula is C24H27FN2O6. The van der Waals surface area contributed by atoms with Crippen molar-refractivity contribution in [2.45, 2.75) is 43.6 Å². The first kappa shape index (κ1) is 23.2. The van der Waals surface area contributed by atoms with Gasteiger partial charge in [0, 0.05) is 30.8 Å². The molecule has 2 heterocycles. The lowest BCUT2D eigenvalue weighted by Gasteiger charge is -2.37. The maximum Gasteiger partial charge on any atom is 0.250 e. The Morgan fingerprint density at radius 1 is 1.21 bits per heavy atom. The number of carbonyl (C=O) groups excluding carboxylic acids is 2. The van der Waals surface area contributed by atoms with E-state index in [2.05, 4.69) is 10.6 Å². The molecule has 176 valence electrons. The lowest BCUT2D eigenvalue weighted by atomic mass is 9.84. The Labute approximate surface area is 191 Å². The first-order valence-electron chi connectivity index (χ1n) is 10.8. The Bertz CT molecular complexity index is 1020. The number of aliphatic hydroxyl groups is 1.